The van der Waals surface area contributed by atoms with Gasteiger partial charge in [-0.3, -0.25) is 9.78 Å². The number of pyridine rings is 1. The number of aliphatic hydroxyl groups is 1. The minimum atomic E-state index is -0.0629. The fourth-order valence-corrected chi connectivity index (χ4v) is 2.68. The van der Waals surface area contributed by atoms with E-state index >= 15 is 0 Å². The second-order valence-electron chi connectivity index (χ2n) is 5.23. The van der Waals surface area contributed by atoms with Crippen LogP contribution in [-0.4, -0.2) is 46.6 Å². The van der Waals surface area contributed by atoms with Crippen molar-refractivity contribution in [2.45, 2.75) is 39.2 Å². The summed E-state index contributed by atoms with van der Waals surface area (Å²) >= 11 is 0. The molecule has 1 atom stereocenters. The maximum atomic E-state index is 12.7. The van der Waals surface area contributed by atoms with Gasteiger partial charge in [-0.1, -0.05) is 0 Å². The van der Waals surface area contributed by atoms with E-state index in [2.05, 4.69) is 10.3 Å². The van der Waals surface area contributed by atoms with Crippen molar-refractivity contribution in [3.8, 4) is 0 Å². The van der Waals surface area contributed by atoms with Crippen LogP contribution in [0, 0.1) is 6.92 Å². The Morgan fingerprint density at radius 2 is 2.35 bits per heavy atom. The Kier molecular flexibility index (Phi) is 4.95. The number of aromatic nitrogens is 1. The summed E-state index contributed by atoms with van der Waals surface area (Å²) in [5, 5.41) is 12.7. The van der Waals surface area contributed by atoms with E-state index in [0.29, 0.717) is 12.1 Å². The molecule has 2 N–H and O–H groups in total. The second-order valence-corrected chi connectivity index (χ2v) is 5.23. The summed E-state index contributed by atoms with van der Waals surface area (Å²) in [6, 6.07) is 1.83. The lowest BCUT2D eigenvalue weighted by atomic mass is 10.0. The number of carbonyl (C=O) groups excluding carboxylic acids is 1. The standard InChI is InChI=1S/C15H23N3O2/c1-3-16-14-8-11(2)17-9-13(14)15(20)18-7-5-4-6-12(18)10-19/h8-9,12,19H,3-7,10H2,1-2H3,(H,16,17). The topological polar surface area (TPSA) is 65.5 Å². The first-order chi connectivity index (χ1) is 9.67. The molecule has 0 radical (unpaired) electrons. The number of piperidine rings is 1. The molecule has 110 valence electrons. The first-order valence-corrected chi connectivity index (χ1v) is 7.29. The van der Waals surface area contributed by atoms with Gasteiger partial charge in [-0.2, -0.15) is 0 Å². The molecule has 0 bridgehead atoms. The monoisotopic (exact) mass is 277 g/mol. The summed E-state index contributed by atoms with van der Waals surface area (Å²) in [5.41, 5.74) is 2.31. The van der Waals surface area contributed by atoms with Crippen LogP contribution < -0.4 is 5.32 Å². The highest BCUT2D eigenvalue weighted by atomic mass is 16.3. The van der Waals surface area contributed by atoms with Gasteiger partial charge < -0.3 is 15.3 Å². The van der Waals surface area contributed by atoms with Gasteiger partial charge in [-0.25, -0.2) is 0 Å². The van der Waals surface area contributed by atoms with Crippen LogP contribution >= 0.6 is 0 Å². The number of likely N-dealkylation sites (tertiary alicyclic amines) is 1. The van der Waals surface area contributed by atoms with Crippen LogP contribution in [0.1, 0.15) is 42.2 Å². The largest absolute Gasteiger partial charge is 0.394 e. The van der Waals surface area contributed by atoms with Crippen LogP contribution in [0.3, 0.4) is 0 Å². The number of anilines is 1. The van der Waals surface area contributed by atoms with Crippen molar-refractivity contribution >= 4 is 11.6 Å². The van der Waals surface area contributed by atoms with E-state index in [0.717, 1.165) is 37.2 Å². The van der Waals surface area contributed by atoms with Crippen molar-refractivity contribution in [3.05, 3.63) is 23.5 Å². The van der Waals surface area contributed by atoms with Gasteiger partial charge in [0.15, 0.2) is 0 Å². The maximum absolute atomic E-state index is 12.7. The number of rotatable bonds is 4. The molecule has 2 rings (SSSR count). The zero-order chi connectivity index (χ0) is 14.5. The highest BCUT2D eigenvalue weighted by Crippen LogP contribution is 2.23. The Labute approximate surface area is 120 Å². The molecule has 1 aromatic heterocycles. The summed E-state index contributed by atoms with van der Waals surface area (Å²) in [6.45, 7) is 5.41. The van der Waals surface area contributed by atoms with E-state index in [4.69, 9.17) is 0 Å². The number of hydrogen-bond donors (Lipinski definition) is 2. The van der Waals surface area contributed by atoms with E-state index in [1.54, 1.807) is 11.1 Å². The smallest absolute Gasteiger partial charge is 0.257 e. The lowest BCUT2D eigenvalue weighted by Crippen LogP contribution is -2.45. The summed E-state index contributed by atoms with van der Waals surface area (Å²) < 4.78 is 0. The number of hydrogen-bond acceptors (Lipinski definition) is 4. The molecule has 1 aliphatic heterocycles. The summed E-state index contributed by atoms with van der Waals surface area (Å²) in [4.78, 5) is 18.7. The first-order valence-electron chi connectivity index (χ1n) is 7.29. The molecular formula is C15H23N3O2. The van der Waals surface area contributed by atoms with Gasteiger partial charge in [-0.05, 0) is 39.2 Å². The number of aryl methyl sites for hydroxylation is 1. The van der Waals surface area contributed by atoms with Crippen LogP contribution in [0.2, 0.25) is 0 Å². The lowest BCUT2D eigenvalue weighted by molar-refractivity contribution is 0.0503. The molecule has 20 heavy (non-hydrogen) atoms. The van der Waals surface area contributed by atoms with Crippen molar-refractivity contribution in [3.63, 3.8) is 0 Å². The van der Waals surface area contributed by atoms with Crippen LogP contribution in [0.25, 0.3) is 0 Å². The molecule has 0 saturated carbocycles. The predicted molar refractivity (Wildman–Crippen MR) is 78.9 cm³/mol. The zero-order valence-corrected chi connectivity index (χ0v) is 12.2. The Morgan fingerprint density at radius 1 is 1.55 bits per heavy atom. The van der Waals surface area contributed by atoms with E-state index in [9.17, 15) is 9.90 Å². The number of carbonyl (C=O) groups is 1. The highest BCUT2D eigenvalue weighted by Gasteiger charge is 2.28. The SMILES string of the molecule is CCNc1cc(C)ncc1C(=O)N1CCCCC1CO. The average Bonchev–Trinajstić information content (AvgIpc) is 2.47. The molecule has 1 aliphatic rings. The van der Waals surface area contributed by atoms with Crippen molar-refractivity contribution in [1.29, 1.82) is 0 Å². The molecular weight excluding hydrogens is 254 g/mol. The Morgan fingerprint density at radius 3 is 3.05 bits per heavy atom. The quantitative estimate of drug-likeness (QED) is 0.881. The molecule has 1 aromatic rings. The summed E-state index contributed by atoms with van der Waals surface area (Å²) in [7, 11) is 0. The predicted octanol–water partition coefficient (Wildman–Crippen LogP) is 1.81. The molecule has 2 heterocycles. The van der Waals surface area contributed by atoms with Gasteiger partial charge in [0.05, 0.1) is 23.9 Å². The van der Waals surface area contributed by atoms with Gasteiger partial charge in [0.2, 0.25) is 0 Å². The third kappa shape index (κ3) is 3.10. The average molecular weight is 277 g/mol. The molecule has 0 aliphatic carbocycles. The Balaban J connectivity index is 2.27. The van der Waals surface area contributed by atoms with Gasteiger partial charge in [0.25, 0.3) is 5.91 Å². The third-order valence-electron chi connectivity index (χ3n) is 3.74. The van der Waals surface area contributed by atoms with Crippen LogP contribution in [-0.2, 0) is 0 Å². The van der Waals surface area contributed by atoms with Gasteiger partial charge in [0.1, 0.15) is 0 Å². The number of nitrogens with zero attached hydrogens (tertiary/aromatic N) is 2. The van der Waals surface area contributed by atoms with Crippen molar-refractivity contribution in [2.24, 2.45) is 0 Å². The van der Waals surface area contributed by atoms with Crippen molar-refractivity contribution < 1.29 is 9.90 Å². The Hall–Kier alpha value is -1.62. The molecule has 1 amide bonds. The third-order valence-corrected chi connectivity index (χ3v) is 3.74. The van der Waals surface area contributed by atoms with Gasteiger partial charge in [-0.15, -0.1) is 0 Å². The van der Waals surface area contributed by atoms with Crippen LogP contribution in [0.4, 0.5) is 5.69 Å². The van der Waals surface area contributed by atoms with Gasteiger partial charge in [0, 0.05) is 25.0 Å². The van der Waals surface area contributed by atoms with E-state index in [1.807, 2.05) is 19.9 Å². The fourth-order valence-electron chi connectivity index (χ4n) is 2.68. The molecule has 1 saturated heterocycles. The van der Waals surface area contributed by atoms with Crippen LogP contribution in [0.5, 0.6) is 0 Å². The highest BCUT2D eigenvalue weighted by molar-refractivity contribution is 5.99. The molecule has 0 spiro atoms. The molecule has 1 unspecified atom stereocenters. The molecule has 5 heteroatoms. The van der Waals surface area contributed by atoms with E-state index in [-0.39, 0.29) is 18.6 Å². The van der Waals surface area contributed by atoms with Crippen molar-refractivity contribution in [1.82, 2.24) is 9.88 Å². The van der Waals surface area contributed by atoms with Gasteiger partial charge >= 0.3 is 0 Å². The molecule has 5 nitrogen and oxygen atoms in total. The number of amides is 1. The van der Waals surface area contributed by atoms with Crippen molar-refractivity contribution in [2.75, 3.05) is 25.0 Å². The normalized spacial score (nSPS) is 18.9. The fraction of sp³-hybridized carbons (Fsp3) is 0.600. The van der Waals surface area contributed by atoms with E-state index < -0.39 is 0 Å². The summed E-state index contributed by atoms with van der Waals surface area (Å²) in [5.74, 6) is -0.0350. The Bertz CT molecular complexity index is 476. The first kappa shape index (κ1) is 14.8. The number of aliphatic hydroxyl groups excluding tert-OH is 1. The summed E-state index contributed by atoms with van der Waals surface area (Å²) in [6.07, 6.45) is 4.58. The van der Waals surface area contributed by atoms with E-state index in [1.165, 1.54) is 0 Å². The number of nitrogens with one attached hydrogen (secondary N) is 1. The molecule has 1 fully saturated rings. The lowest BCUT2D eigenvalue weighted by Gasteiger charge is -2.35. The minimum Gasteiger partial charge on any atom is -0.394 e. The second kappa shape index (κ2) is 6.70. The van der Waals surface area contributed by atoms with Crippen LogP contribution in [0.15, 0.2) is 12.3 Å². The maximum Gasteiger partial charge on any atom is 0.257 e. The minimum absolute atomic E-state index is 0.0293. The zero-order valence-electron chi connectivity index (χ0n) is 12.2. The molecule has 0 aromatic carbocycles.